The Morgan fingerprint density at radius 1 is 1.38 bits per heavy atom. The van der Waals surface area contributed by atoms with Crippen LogP contribution in [0.5, 0.6) is 0 Å². The van der Waals surface area contributed by atoms with Crippen molar-refractivity contribution in [2.24, 2.45) is 0 Å². The largest absolute Gasteiger partial charge is 0.481 e. The molecule has 1 unspecified atom stereocenters. The van der Waals surface area contributed by atoms with E-state index in [0.29, 0.717) is 0 Å². The second-order valence-corrected chi connectivity index (χ2v) is 3.44. The number of hydrogen-bond acceptors (Lipinski definition) is 2. The van der Waals surface area contributed by atoms with Crippen LogP contribution in [0.25, 0.3) is 0 Å². The van der Waals surface area contributed by atoms with Crippen molar-refractivity contribution in [1.82, 2.24) is 0 Å². The molecule has 0 saturated carbocycles. The van der Waals surface area contributed by atoms with Crippen molar-refractivity contribution in [2.45, 2.75) is 25.9 Å². The predicted molar refractivity (Wildman–Crippen MR) is 60.8 cm³/mol. The molecule has 0 heterocycles. The number of carbonyl (C=O) groups is 1. The third kappa shape index (κ3) is 3.41. The molecular formula is C13H14O3. The van der Waals surface area contributed by atoms with Gasteiger partial charge in [-0.05, 0) is 18.1 Å². The molecule has 2 N–H and O–H groups in total. The minimum absolute atomic E-state index is 0.000683. The lowest BCUT2D eigenvalue weighted by Crippen LogP contribution is -2.04. The van der Waals surface area contributed by atoms with Gasteiger partial charge in [-0.25, -0.2) is 0 Å². The molecule has 0 aromatic heterocycles. The van der Waals surface area contributed by atoms with E-state index in [1.165, 1.54) is 0 Å². The van der Waals surface area contributed by atoms with E-state index in [1.807, 2.05) is 12.1 Å². The second-order valence-electron chi connectivity index (χ2n) is 3.44. The number of carboxylic acids is 1. The zero-order valence-corrected chi connectivity index (χ0v) is 9.10. The Hall–Kier alpha value is -1.79. The first-order valence-electron chi connectivity index (χ1n) is 5.01. The van der Waals surface area contributed by atoms with Crippen LogP contribution in [-0.2, 0) is 11.4 Å². The highest BCUT2D eigenvalue weighted by Crippen LogP contribution is 2.19. The van der Waals surface area contributed by atoms with Gasteiger partial charge in [0.1, 0.15) is 0 Å². The minimum Gasteiger partial charge on any atom is -0.481 e. The van der Waals surface area contributed by atoms with E-state index in [0.717, 1.165) is 11.1 Å². The molecule has 3 nitrogen and oxygen atoms in total. The summed E-state index contributed by atoms with van der Waals surface area (Å²) in [6.45, 7) is 1.68. The molecule has 0 aliphatic heterocycles. The Morgan fingerprint density at radius 3 is 2.44 bits per heavy atom. The summed E-state index contributed by atoms with van der Waals surface area (Å²) in [7, 11) is 0. The molecule has 0 radical (unpaired) electrons. The fraction of sp³-hybridized carbons (Fsp3) is 0.308. The molecule has 0 spiro atoms. The average Bonchev–Trinajstić information content (AvgIpc) is 2.28. The Labute approximate surface area is 94.7 Å². The van der Waals surface area contributed by atoms with Crippen LogP contribution < -0.4 is 0 Å². The monoisotopic (exact) mass is 218 g/mol. The Kier molecular flexibility index (Phi) is 4.56. The minimum atomic E-state index is -0.862. The summed E-state index contributed by atoms with van der Waals surface area (Å²) < 4.78 is 0. The van der Waals surface area contributed by atoms with E-state index in [9.17, 15) is 4.79 Å². The molecule has 0 aliphatic rings. The zero-order valence-electron chi connectivity index (χ0n) is 9.10. The van der Waals surface area contributed by atoms with E-state index in [1.54, 1.807) is 19.1 Å². The molecule has 1 rings (SSSR count). The van der Waals surface area contributed by atoms with E-state index in [-0.39, 0.29) is 18.9 Å². The highest BCUT2D eigenvalue weighted by Gasteiger charge is 2.12. The molecule has 0 saturated heterocycles. The topological polar surface area (TPSA) is 57.5 Å². The lowest BCUT2D eigenvalue weighted by Gasteiger charge is -2.08. The maximum Gasteiger partial charge on any atom is 0.304 e. The third-order valence-electron chi connectivity index (χ3n) is 2.26. The average molecular weight is 218 g/mol. The maximum absolute atomic E-state index is 10.7. The fourth-order valence-corrected chi connectivity index (χ4v) is 1.46. The smallest absolute Gasteiger partial charge is 0.304 e. The normalized spacial score (nSPS) is 11.4. The third-order valence-corrected chi connectivity index (χ3v) is 2.26. The molecule has 1 atom stereocenters. The van der Waals surface area contributed by atoms with Crippen LogP contribution >= 0.6 is 0 Å². The van der Waals surface area contributed by atoms with E-state index < -0.39 is 5.97 Å². The Bertz CT molecular complexity index is 409. The van der Waals surface area contributed by atoms with Gasteiger partial charge in [0.25, 0.3) is 0 Å². The highest BCUT2D eigenvalue weighted by molar-refractivity contribution is 5.69. The van der Waals surface area contributed by atoms with Crippen LogP contribution in [0, 0.1) is 11.8 Å². The predicted octanol–water partition coefficient (Wildman–Crippen LogP) is 1.76. The maximum atomic E-state index is 10.7. The first-order chi connectivity index (χ1) is 7.67. The van der Waals surface area contributed by atoms with Crippen LogP contribution in [0.2, 0.25) is 0 Å². The summed E-state index contributed by atoms with van der Waals surface area (Å²) in [5.74, 6) is 4.47. The van der Waals surface area contributed by atoms with E-state index in [4.69, 9.17) is 10.2 Å². The van der Waals surface area contributed by atoms with E-state index in [2.05, 4.69) is 11.8 Å². The van der Waals surface area contributed by atoms with Gasteiger partial charge < -0.3 is 10.2 Å². The number of aliphatic carboxylic acids is 1. The van der Waals surface area contributed by atoms with Crippen molar-refractivity contribution in [3.05, 3.63) is 35.4 Å². The Morgan fingerprint density at radius 2 is 2.00 bits per heavy atom. The molecule has 84 valence electrons. The van der Waals surface area contributed by atoms with Gasteiger partial charge in [0.05, 0.1) is 18.9 Å². The van der Waals surface area contributed by atoms with Gasteiger partial charge in [-0.15, -0.1) is 5.92 Å². The molecule has 0 aliphatic carbocycles. The lowest BCUT2D eigenvalue weighted by molar-refractivity contribution is -0.137. The highest BCUT2D eigenvalue weighted by atomic mass is 16.4. The summed E-state index contributed by atoms with van der Waals surface area (Å²) in [4.78, 5) is 10.7. The van der Waals surface area contributed by atoms with Crippen LogP contribution in [0.1, 0.15) is 30.4 Å². The van der Waals surface area contributed by atoms with Crippen molar-refractivity contribution in [1.29, 1.82) is 0 Å². The molecule has 0 fully saturated rings. The standard InChI is InChI=1S/C13H14O3/c1-2-3-12(8-13(15)16)11-6-4-10(9-14)5-7-11/h4-7,12,14H,8-9H2,1H3,(H,15,16). The second kappa shape index (κ2) is 5.94. The number of benzene rings is 1. The number of carboxylic acid groups (broad SMARTS) is 1. The van der Waals surface area contributed by atoms with Crippen LogP contribution in [0.15, 0.2) is 24.3 Å². The molecule has 0 bridgehead atoms. The van der Waals surface area contributed by atoms with Crippen molar-refractivity contribution in [2.75, 3.05) is 0 Å². The summed E-state index contributed by atoms with van der Waals surface area (Å²) in [5.41, 5.74) is 1.68. The molecule has 1 aromatic carbocycles. The van der Waals surface area contributed by atoms with Crippen LogP contribution in [0.3, 0.4) is 0 Å². The quantitative estimate of drug-likeness (QED) is 0.757. The summed E-state index contributed by atoms with van der Waals surface area (Å²) in [5, 5.41) is 17.7. The van der Waals surface area contributed by atoms with Gasteiger partial charge in [-0.2, -0.15) is 0 Å². The van der Waals surface area contributed by atoms with Crippen molar-refractivity contribution >= 4 is 5.97 Å². The van der Waals surface area contributed by atoms with Crippen molar-refractivity contribution < 1.29 is 15.0 Å². The van der Waals surface area contributed by atoms with Gasteiger partial charge in [-0.3, -0.25) is 4.79 Å². The number of hydrogen-bond donors (Lipinski definition) is 2. The van der Waals surface area contributed by atoms with Crippen molar-refractivity contribution in [3.8, 4) is 11.8 Å². The first-order valence-corrected chi connectivity index (χ1v) is 5.01. The Balaban J connectivity index is 2.90. The number of aliphatic hydroxyl groups excluding tert-OH is 1. The van der Waals surface area contributed by atoms with Crippen molar-refractivity contribution in [3.63, 3.8) is 0 Å². The first kappa shape index (κ1) is 12.3. The molecular weight excluding hydrogens is 204 g/mol. The fourth-order valence-electron chi connectivity index (χ4n) is 1.46. The van der Waals surface area contributed by atoms with Crippen LogP contribution in [-0.4, -0.2) is 16.2 Å². The SMILES string of the molecule is CC#CC(CC(=O)O)c1ccc(CO)cc1. The molecule has 3 heteroatoms. The van der Waals surface area contributed by atoms with Gasteiger partial charge in [0.2, 0.25) is 0 Å². The summed E-state index contributed by atoms with van der Waals surface area (Å²) in [6.07, 6.45) is -0.000683. The van der Waals surface area contributed by atoms with Gasteiger partial charge in [-0.1, -0.05) is 30.2 Å². The summed E-state index contributed by atoms with van der Waals surface area (Å²) in [6, 6.07) is 7.18. The lowest BCUT2D eigenvalue weighted by atomic mass is 9.95. The molecule has 0 amide bonds. The number of aliphatic hydroxyl groups is 1. The summed E-state index contributed by atoms with van der Waals surface area (Å²) >= 11 is 0. The van der Waals surface area contributed by atoms with Gasteiger partial charge >= 0.3 is 5.97 Å². The van der Waals surface area contributed by atoms with Crippen LogP contribution in [0.4, 0.5) is 0 Å². The van der Waals surface area contributed by atoms with Gasteiger partial charge in [0.15, 0.2) is 0 Å². The van der Waals surface area contributed by atoms with Gasteiger partial charge in [0, 0.05) is 0 Å². The van der Waals surface area contributed by atoms with E-state index >= 15 is 0 Å². The number of rotatable bonds is 4. The molecule has 16 heavy (non-hydrogen) atoms. The molecule has 1 aromatic rings. The zero-order chi connectivity index (χ0) is 12.0.